The molecular formula is C22H20N4O4. The van der Waals surface area contributed by atoms with Gasteiger partial charge in [-0.2, -0.15) is 0 Å². The van der Waals surface area contributed by atoms with Crippen LogP contribution in [-0.2, 0) is 22.6 Å². The van der Waals surface area contributed by atoms with Gasteiger partial charge in [-0.3, -0.25) is 25.2 Å². The van der Waals surface area contributed by atoms with Gasteiger partial charge in [-0.15, -0.1) is 0 Å². The molecule has 1 aromatic heterocycles. The average Bonchev–Trinajstić information content (AvgIpc) is 2.71. The Labute approximate surface area is 172 Å². The zero-order valence-corrected chi connectivity index (χ0v) is 16.3. The number of nitrogens with zero attached hydrogens (tertiary/aromatic N) is 1. The van der Waals surface area contributed by atoms with Crippen molar-refractivity contribution in [3.8, 4) is 5.75 Å². The van der Waals surface area contributed by atoms with Crippen LogP contribution in [0.1, 0.15) is 16.8 Å². The summed E-state index contributed by atoms with van der Waals surface area (Å²) < 4.78 is 5.92. The molecule has 0 unspecified atom stereocenters. The van der Waals surface area contributed by atoms with Gasteiger partial charge < -0.3 is 10.5 Å². The molecule has 0 radical (unpaired) electrons. The molecule has 2 aromatic carbocycles. The number of ether oxygens (including phenoxy) is 1. The number of benzene rings is 2. The first kappa shape index (κ1) is 19.5. The molecule has 1 saturated heterocycles. The van der Waals surface area contributed by atoms with E-state index in [9.17, 15) is 14.4 Å². The van der Waals surface area contributed by atoms with Crippen molar-refractivity contribution in [2.45, 2.75) is 25.5 Å². The van der Waals surface area contributed by atoms with E-state index in [1.165, 1.54) is 0 Å². The summed E-state index contributed by atoms with van der Waals surface area (Å²) in [6.07, 6.45) is -0.0492. The molecular weight excluding hydrogens is 384 g/mol. The van der Waals surface area contributed by atoms with Gasteiger partial charge in [-0.05, 0) is 36.8 Å². The smallest absolute Gasteiger partial charge is 0.328 e. The number of rotatable bonds is 5. The van der Waals surface area contributed by atoms with E-state index >= 15 is 0 Å². The van der Waals surface area contributed by atoms with Crippen LogP contribution in [0.2, 0.25) is 0 Å². The molecule has 1 aliphatic heterocycles. The van der Waals surface area contributed by atoms with E-state index in [0.717, 1.165) is 22.2 Å². The minimum Gasteiger partial charge on any atom is -0.489 e. The number of urea groups is 1. The van der Waals surface area contributed by atoms with E-state index in [1.807, 2.05) is 47.9 Å². The highest BCUT2D eigenvalue weighted by molar-refractivity contribution is 6.22. The number of aromatic nitrogens is 1. The maximum Gasteiger partial charge on any atom is 0.328 e. The molecule has 8 heteroatoms. The maximum atomic E-state index is 12.1. The number of hydrogen-bond donors (Lipinski definition) is 3. The largest absolute Gasteiger partial charge is 0.489 e. The molecule has 152 valence electrons. The second-order valence-corrected chi connectivity index (χ2v) is 7.26. The Balaban J connectivity index is 1.47. The lowest BCUT2D eigenvalue weighted by Gasteiger charge is -2.30. The number of fused-ring (bicyclic) bond motifs is 1. The fraction of sp³-hybridized carbons (Fsp3) is 0.182. The molecule has 3 aromatic rings. The van der Waals surface area contributed by atoms with Crippen LogP contribution in [0.5, 0.6) is 5.75 Å². The first-order valence-electron chi connectivity index (χ1n) is 9.38. The van der Waals surface area contributed by atoms with E-state index in [1.54, 1.807) is 24.3 Å². The number of aryl methyl sites for hydroxylation is 1. The highest BCUT2D eigenvalue weighted by Crippen LogP contribution is 2.22. The standard InChI is InChI=1S/C22H20N4O4/c1-13-10-15(17-4-2-3-5-18(17)24-13)12-30-16-8-6-14(7-9-16)11-22(23)19(27)25-21(29)26-20(22)28/h2-10H,11-12,23H2,1H3,(H2,25,26,27,28,29). The Morgan fingerprint density at radius 2 is 1.67 bits per heavy atom. The first-order valence-corrected chi connectivity index (χ1v) is 9.38. The van der Waals surface area contributed by atoms with Crippen molar-refractivity contribution in [2.24, 2.45) is 5.73 Å². The monoisotopic (exact) mass is 404 g/mol. The zero-order valence-electron chi connectivity index (χ0n) is 16.3. The summed E-state index contributed by atoms with van der Waals surface area (Å²) in [6, 6.07) is 16.0. The van der Waals surface area contributed by atoms with Gasteiger partial charge in [-0.1, -0.05) is 30.3 Å². The van der Waals surface area contributed by atoms with E-state index in [0.29, 0.717) is 17.9 Å². The second kappa shape index (κ2) is 7.57. The molecule has 0 atom stereocenters. The lowest BCUT2D eigenvalue weighted by atomic mass is 9.88. The molecule has 4 N–H and O–H groups in total. The predicted octanol–water partition coefficient (Wildman–Crippen LogP) is 1.73. The zero-order chi connectivity index (χ0) is 21.3. The van der Waals surface area contributed by atoms with Crippen LogP contribution in [0.4, 0.5) is 4.79 Å². The summed E-state index contributed by atoms with van der Waals surface area (Å²) in [5, 5.41) is 5.09. The van der Waals surface area contributed by atoms with Gasteiger partial charge in [-0.25, -0.2) is 4.79 Å². The fourth-order valence-corrected chi connectivity index (χ4v) is 3.43. The number of hydrogen-bond acceptors (Lipinski definition) is 6. The average molecular weight is 404 g/mol. The molecule has 0 bridgehead atoms. The maximum absolute atomic E-state index is 12.1. The molecule has 1 aliphatic rings. The number of carbonyl (C=O) groups excluding carboxylic acids is 3. The summed E-state index contributed by atoms with van der Waals surface area (Å²) >= 11 is 0. The van der Waals surface area contributed by atoms with Crippen molar-refractivity contribution in [2.75, 3.05) is 0 Å². The summed E-state index contributed by atoms with van der Waals surface area (Å²) in [7, 11) is 0. The Morgan fingerprint density at radius 1 is 1.00 bits per heavy atom. The predicted molar refractivity (Wildman–Crippen MR) is 110 cm³/mol. The van der Waals surface area contributed by atoms with Crippen LogP contribution in [0, 0.1) is 6.92 Å². The number of amides is 4. The van der Waals surface area contributed by atoms with Gasteiger partial charge in [0.15, 0.2) is 5.54 Å². The number of nitrogens with two attached hydrogens (primary N) is 1. The van der Waals surface area contributed by atoms with Crippen LogP contribution >= 0.6 is 0 Å². The highest BCUT2D eigenvalue weighted by Gasteiger charge is 2.47. The van der Waals surface area contributed by atoms with Gasteiger partial charge in [0, 0.05) is 23.1 Å². The third-order valence-electron chi connectivity index (χ3n) is 5.00. The third-order valence-corrected chi connectivity index (χ3v) is 5.00. The first-order chi connectivity index (χ1) is 14.3. The molecule has 0 aliphatic carbocycles. The van der Waals surface area contributed by atoms with Crippen molar-refractivity contribution in [1.29, 1.82) is 0 Å². The normalized spacial score (nSPS) is 15.6. The van der Waals surface area contributed by atoms with E-state index < -0.39 is 23.4 Å². The Bertz CT molecular complexity index is 1140. The van der Waals surface area contributed by atoms with Crippen LogP contribution in [0.25, 0.3) is 10.9 Å². The molecule has 4 rings (SSSR count). The summed E-state index contributed by atoms with van der Waals surface area (Å²) in [5.74, 6) is -1.01. The van der Waals surface area contributed by atoms with E-state index in [-0.39, 0.29) is 6.42 Å². The number of imide groups is 2. The molecule has 0 saturated carbocycles. The van der Waals surface area contributed by atoms with Crippen LogP contribution < -0.4 is 21.1 Å². The van der Waals surface area contributed by atoms with Gasteiger partial charge in [0.05, 0.1) is 5.52 Å². The second-order valence-electron chi connectivity index (χ2n) is 7.26. The lowest BCUT2D eigenvalue weighted by molar-refractivity contribution is -0.137. The van der Waals surface area contributed by atoms with Crippen molar-refractivity contribution in [3.63, 3.8) is 0 Å². The van der Waals surface area contributed by atoms with Gasteiger partial charge in [0.2, 0.25) is 0 Å². The van der Waals surface area contributed by atoms with Gasteiger partial charge in [0.1, 0.15) is 12.4 Å². The number of barbiturate groups is 1. The van der Waals surface area contributed by atoms with Crippen molar-refractivity contribution in [1.82, 2.24) is 15.6 Å². The van der Waals surface area contributed by atoms with Crippen LogP contribution in [0.3, 0.4) is 0 Å². The molecule has 2 heterocycles. The quantitative estimate of drug-likeness (QED) is 0.557. The Morgan fingerprint density at radius 3 is 2.37 bits per heavy atom. The SMILES string of the molecule is Cc1cc(COc2ccc(CC3(N)C(=O)NC(=O)NC3=O)cc2)c2ccccc2n1. The number of pyridine rings is 1. The number of para-hydroxylation sites is 1. The van der Waals surface area contributed by atoms with Gasteiger partial charge in [0.25, 0.3) is 11.8 Å². The molecule has 8 nitrogen and oxygen atoms in total. The summed E-state index contributed by atoms with van der Waals surface area (Å²) in [6.45, 7) is 2.31. The summed E-state index contributed by atoms with van der Waals surface area (Å²) in [4.78, 5) is 39.9. The van der Waals surface area contributed by atoms with Crippen LogP contribution in [-0.4, -0.2) is 28.4 Å². The minimum atomic E-state index is -1.84. The van der Waals surface area contributed by atoms with Crippen LogP contribution in [0.15, 0.2) is 54.6 Å². The van der Waals surface area contributed by atoms with Crippen molar-refractivity contribution in [3.05, 3.63) is 71.4 Å². The Hall–Kier alpha value is -3.78. The molecule has 4 amide bonds. The Kier molecular flexibility index (Phi) is 4.93. The fourth-order valence-electron chi connectivity index (χ4n) is 3.43. The molecule has 30 heavy (non-hydrogen) atoms. The van der Waals surface area contributed by atoms with E-state index in [2.05, 4.69) is 4.98 Å². The molecule has 1 fully saturated rings. The van der Waals surface area contributed by atoms with Gasteiger partial charge >= 0.3 is 6.03 Å². The topological polar surface area (TPSA) is 123 Å². The van der Waals surface area contributed by atoms with Crippen molar-refractivity contribution >= 4 is 28.7 Å². The highest BCUT2D eigenvalue weighted by atomic mass is 16.5. The summed E-state index contributed by atoms with van der Waals surface area (Å²) in [5.41, 5.74) is 7.65. The number of nitrogens with one attached hydrogen (secondary N) is 2. The van der Waals surface area contributed by atoms with E-state index in [4.69, 9.17) is 10.5 Å². The third kappa shape index (κ3) is 3.72. The molecule has 0 spiro atoms. The minimum absolute atomic E-state index is 0.0492. The lowest BCUT2D eigenvalue weighted by Crippen LogP contribution is -2.71. The number of carbonyl (C=O) groups is 3. The van der Waals surface area contributed by atoms with Crippen molar-refractivity contribution < 1.29 is 19.1 Å².